The molecule has 22 heteroatoms. The molecule has 0 saturated carbocycles. The minimum atomic E-state index is -3.98. The number of ether oxygens (including phenoxy) is 1. The third-order valence-electron chi connectivity index (χ3n) is 10.4. The highest BCUT2D eigenvalue weighted by molar-refractivity contribution is 7.94. The molecule has 4 N–H and O–H groups in total. The highest BCUT2D eigenvalue weighted by Crippen LogP contribution is 2.41. The van der Waals surface area contributed by atoms with Crippen LogP contribution in [0.25, 0.3) is 23.8 Å². The fourth-order valence-corrected chi connectivity index (χ4v) is 9.54. The number of sulfone groups is 2. The first-order chi connectivity index (χ1) is 29.4. The monoisotopic (exact) mass is 936 g/mol. The van der Waals surface area contributed by atoms with Gasteiger partial charge in [-0.3, -0.25) is 9.98 Å². The van der Waals surface area contributed by atoms with E-state index < -0.39 is 88.4 Å². The van der Waals surface area contributed by atoms with Crippen LogP contribution in [-0.2, 0) is 30.8 Å². The molecule has 0 unspecified atom stereocenters. The van der Waals surface area contributed by atoms with Crippen LogP contribution in [0.1, 0.15) is 61.3 Å². The van der Waals surface area contributed by atoms with Crippen LogP contribution < -0.4 is 16.2 Å². The van der Waals surface area contributed by atoms with Crippen molar-refractivity contribution >= 4 is 66.8 Å². The minimum Gasteiger partial charge on any atom is -0.463 e. The molecule has 2 atom stereocenters. The largest absolute Gasteiger partial charge is 0.463 e. The van der Waals surface area contributed by atoms with Gasteiger partial charge in [0.05, 0.1) is 36.3 Å². The molecule has 0 fully saturated rings. The summed E-state index contributed by atoms with van der Waals surface area (Å²) in [4.78, 5) is 23.4. The van der Waals surface area contributed by atoms with Gasteiger partial charge in [-0.25, -0.2) is 63.1 Å². The fraction of sp³-hybridized carbons (Fsp3) is 0.317. The number of hydrogen-bond acceptors (Lipinski definition) is 13. The Kier molecular flexibility index (Phi) is 13.8. The van der Waals surface area contributed by atoms with Crippen LogP contribution in [-0.4, -0.2) is 89.4 Å². The van der Waals surface area contributed by atoms with E-state index in [1.165, 1.54) is 46.0 Å². The molecule has 2 aliphatic rings. The Balaban J connectivity index is 0.000000239. The lowest BCUT2D eigenvalue weighted by Crippen LogP contribution is -2.56. The van der Waals surface area contributed by atoms with Crippen molar-refractivity contribution in [1.29, 1.82) is 0 Å². The maximum absolute atomic E-state index is 14.7. The zero-order valence-corrected chi connectivity index (χ0v) is 36.3. The van der Waals surface area contributed by atoms with E-state index in [1.807, 2.05) is 0 Å². The molecule has 2 aliphatic heterocycles. The maximum Gasteiger partial charge on any atom is 0.233 e. The number of amidine groups is 2. The van der Waals surface area contributed by atoms with Gasteiger partial charge in [0, 0.05) is 11.1 Å². The smallest absolute Gasteiger partial charge is 0.233 e. The van der Waals surface area contributed by atoms with E-state index in [2.05, 4.69) is 35.8 Å². The lowest BCUT2D eigenvalue weighted by atomic mass is 9.90. The van der Waals surface area contributed by atoms with E-state index in [4.69, 9.17) is 34.2 Å². The van der Waals surface area contributed by atoms with Crippen LogP contribution in [0.2, 0.25) is 5.15 Å². The number of nitrogens with two attached hydrogens (primary N) is 2. The van der Waals surface area contributed by atoms with Gasteiger partial charge in [-0.2, -0.15) is 0 Å². The first-order valence-electron chi connectivity index (χ1n) is 18.4. The van der Waals surface area contributed by atoms with E-state index >= 15 is 0 Å². The van der Waals surface area contributed by atoms with E-state index in [-0.39, 0.29) is 63.0 Å². The highest BCUT2D eigenvalue weighted by atomic mass is 35.5. The van der Waals surface area contributed by atoms with Crippen molar-refractivity contribution in [3.63, 3.8) is 0 Å². The molecule has 0 radical (unpaired) electrons. The third-order valence-corrected chi connectivity index (χ3v) is 15.8. The molecule has 63 heavy (non-hydrogen) atoms. The van der Waals surface area contributed by atoms with Crippen LogP contribution in [0.4, 0.5) is 26.3 Å². The van der Waals surface area contributed by atoms with Gasteiger partial charge in [-0.15, -0.1) is 6.42 Å². The van der Waals surface area contributed by atoms with E-state index in [0.29, 0.717) is 0 Å². The average molecular weight is 937 g/mol. The second-order valence-electron chi connectivity index (χ2n) is 15.3. The summed E-state index contributed by atoms with van der Waals surface area (Å²) in [6.45, 7) is 2.73. The Hall–Kier alpha value is -5.85. The third kappa shape index (κ3) is 9.72. The molecular formula is C41H39ClF6N8O5S2. The molecular weight excluding hydrogens is 898 g/mol. The Morgan fingerprint density at radius 1 is 0.746 bits per heavy atom. The molecule has 4 heterocycles. The molecule has 4 aromatic rings. The second-order valence-corrected chi connectivity index (χ2v) is 20.7. The fourth-order valence-electron chi connectivity index (χ4n) is 6.14. The van der Waals surface area contributed by atoms with E-state index in [1.54, 1.807) is 0 Å². The van der Waals surface area contributed by atoms with Crippen molar-refractivity contribution in [3.8, 4) is 18.2 Å². The van der Waals surface area contributed by atoms with Gasteiger partial charge in [0.2, 0.25) is 5.88 Å². The summed E-state index contributed by atoms with van der Waals surface area (Å²) in [5, 5.41) is 0.0809. The molecule has 2 aromatic carbocycles. The normalized spacial score (nSPS) is 22.4. The minimum absolute atomic E-state index is 0.0269. The van der Waals surface area contributed by atoms with Crippen molar-refractivity contribution in [2.24, 2.45) is 21.5 Å². The summed E-state index contributed by atoms with van der Waals surface area (Å²) in [6, 6.07) is 6.74. The van der Waals surface area contributed by atoms with Gasteiger partial charge in [-0.05, 0) is 75.2 Å². The van der Waals surface area contributed by atoms with E-state index in [9.17, 15) is 43.2 Å². The number of aliphatic imine (C=N–C) groups is 2. The Morgan fingerprint density at radius 3 is 1.52 bits per heavy atom. The van der Waals surface area contributed by atoms with Gasteiger partial charge in [-0.1, -0.05) is 29.7 Å². The molecule has 0 bridgehead atoms. The topological polar surface area (TPSA) is 206 Å². The molecule has 0 saturated heterocycles. The van der Waals surface area contributed by atoms with Crippen molar-refractivity contribution in [1.82, 2.24) is 19.9 Å². The lowest BCUT2D eigenvalue weighted by molar-refractivity contribution is 0.323. The maximum atomic E-state index is 14.7. The summed E-state index contributed by atoms with van der Waals surface area (Å²) >= 11 is 5.62. The number of alkyl halides is 2. The van der Waals surface area contributed by atoms with E-state index in [0.717, 1.165) is 55.0 Å². The molecule has 2 aromatic heterocycles. The van der Waals surface area contributed by atoms with Crippen LogP contribution in [0.5, 0.6) is 5.88 Å². The van der Waals surface area contributed by atoms with Crippen molar-refractivity contribution in [2.45, 2.75) is 48.3 Å². The molecule has 13 nitrogen and oxygen atoms in total. The standard InChI is InChI=1S/C22H21F3N4O3S.C19H18ClF3N4O2S/c1-4-7-32-19-11-27-18(10-28-19)17(25)9-14-5-6-16(24)15(8-14)22(12-23)13-33(30,31)21(2,3)20(26)29-22;1-18(2)17(24)27-19(9-21,10-30(18,28)29)12-5-11(3-4-13(12)22)6-14(23)15-7-26-16(20)8-25-15/h1,5-6,8-11H,7,12-13H2,2-3H3,(H2,26,29);3-8H,9-10H2,1-2H3,(H2,24,27)/b17-9-;14-6-/t22-;19-/m00/s1. The number of benzene rings is 2. The summed E-state index contributed by atoms with van der Waals surface area (Å²) < 4.78 is 140. The number of nitrogens with zero attached hydrogens (tertiary/aromatic N) is 6. The summed E-state index contributed by atoms with van der Waals surface area (Å²) in [5.74, 6) is -3.27. The SMILES string of the molecule is C#CCOc1cnc(/C(F)=C/c2ccc(F)c([C@]3(CF)CS(=O)(=O)C(C)(C)C(N)=N3)c2)cn1.CC1(C)C(N)=N[C@](CF)(c2cc(/C=C(\F)c3cnc(Cl)cn3)ccc2F)CS1(=O)=O. The summed E-state index contributed by atoms with van der Waals surface area (Å²) in [6.07, 6.45) is 11.7. The van der Waals surface area contributed by atoms with Gasteiger partial charge in [0.15, 0.2) is 37.9 Å². The van der Waals surface area contributed by atoms with Crippen LogP contribution in [0, 0.1) is 24.0 Å². The first-order valence-corrected chi connectivity index (χ1v) is 22.0. The number of halogens is 7. The van der Waals surface area contributed by atoms with Crippen molar-refractivity contribution < 1.29 is 47.9 Å². The summed E-state index contributed by atoms with van der Waals surface area (Å²) in [7, 11) is -7.94. The van der Waals surface area contributed by atoms with Crippen LogP contribution in [0.15, 0.2) is 71.2 Å². The van der Waals surface area contributed by atoms with Gasteiger partial charge >= 0.3 is 0 Å². The predicted molar refractivity (Wildman–Crippen MR) is 228 cm³/mol. The zero-order chi connectivity index (χ0) is 46.8. The Morgan fingerprint density at radius 2 is 1.17 bits per heavy atom. The molecule has 0 spiro atoms. The number of aromatic nitrogens is 4. The second kappa shape index (κ2) is 18.1. The van der Waals surface area contributed by atoms with Gasteiger partial charge < -0.3 is 16.2 Å². The molecule has 6 rings (SSSR count). The number of hydrogen-bond donors (Lipinski definition) is 2. The highest BCUT2D eigenvalue weighted by Gasteiger charge is 2.53. The molecule has 334 valence electrons. The quantitative estimate of drug-likeness (QED) is 0.134. The lowest BCUT2D eigenvalue weighted by Gasteiger charge is -2.38. The van der Waals surface area contributed by atoms with Crippen molar-refractivity contribution in [3.05, 3.63) is 112 Å². The molecule has 0 amide bonds. The van der Waals surface area contributed by atoms with Gasteiger partial charge in [0.25, 0.3) is 0 Å². The number of rotatable bonds is 10. The average Bonchev–Trinajstić information content (AvgIpc) is 3.23. The Labute approximate surface area is 364 Å². The Bertz CT molecular complexity index is 2800. The first kappa shape index (κ1) is 48.2. The van der Waals surface area contributed by atoms with Crippen molar-refractivity contribution in [2.75, 3.05) is 31.5 Å². The zero-order valence-electron chi connectivity index (χ0n) is 33.9. The number of terminal acetylenes is 1. The molecule has 0 aliphatic carbocycles. The van der Waals surface area contributed by atoms with Gasteiger partial charge in [0.1, 0.15) is 73.8 Å². The summed E-state index contributed by atoms with van der Waals surface area (Å²) in [5.41, 5.74) is 6.83. The predicted octanol–water partition coefficient (Wildman–Crippen LogP) is 6.29. The van der Waals surface area contributed by atoms with Crippen LogP contribution in [0.3, 0.4) is 0 Å². The van der Waals surface area contributed by atoms with Crippen LogP contribution >= 0.6 is 11.6 Å².